The van der Waals surface area contributed by atoms with E-state index in [0.717, 1.165) is 89.9 Å². The maximum Gasteiger partial charge on any atom is 0.306 e. The largest absolute Gasteiger partial charge is 0.462 e. The van der Waals surface area contributed by atoms with Crippen LogP contribution < -0.4 is 0 Å². The molecule has 362 valence electrons. The molecule has 63 heavy (non-hydrogen) atoms. The molecule has 0 rings (SSSR count). The van der Waals surface area contributed by atoms with Gasteiger partial charge in [0.2, 0.25) is 0 Å². The number of ether oxygens (including phenoxy) is 3. The Balaban J connectivity index is 4.46. The molecule has 1 atom stereocenters. The molecule has 0 bridgehead atoms. The maximum atomic E-state index is 12.8. The van der Waals surface area contributed by atoms with Crippen LogP contribution in [0.15, 0.2) is 72.9 Å². The molecule has 0 saturated carbocycles. The molecule has 1 unspecified atom stereocenters. The van der Waals surface area contributed by atoms with E-state index < -0.39 is 6.10 Å². The van der Waals surface area contributed by atoms with Crippen molar-refractivity contribution in [1.29, 1.82) is 0 Å². The molecule has 0 aromatic rings. The van der Waals surface area contributed by atoms with Gasteiger partial charge in [-0.3, -0.25) is 14.4 Å². The summed E-state index contributed by atoms with van der Waals surface area (Å²) in [4.78, 5) is 38.0. The molecular formula is C57H98O6. The van der Waals surface area contributed by atoms with Crippen molar-refractivity contribution in [2.24, 2.45) is 0 Å². The number of carbonyl (C=O) groups excluding carboxylic acids is 3. The highest BCUT2D eigenvalue weighted by molar-refractivity contribution is 5.71. The van der Waals surface area contributed by atoms with Crippen molar-refractivity contribution in [3.63, 3.8) is 0 Å². The summed E-state index contributed by atoms with van der Waals surface area (Å²) in [5, 5.41) is 0. The Kier molecular flexibility index (Phi) is 48.9. The smallest absolute Gasteiger partial charge is 0.306 e. The minimum Gasteiger partial charge on any atom is -0.462 e. The van der Waals surface area contributed by atoms with E-state index in [9.17, 15) is 14.4 Å². The predicted molar refractivity (Wildman–Crippen MR) is 270 cm³/mol. The summed E-state index contributed by atoms with van der Waals surface area (Å²) in [6.07, 6.45) is 64.7. The molecule has 0 saturated heterocycles. The van der Waals surface area contributed by atoms with Crippen LogP contribution in [0.1, 0.15) is 252 Å². The molecule has 0 fully saturated rings. The van der Waals surface area contributed by atoms with Crippen LogP contribution in [-0.4, -0.2) is 37.2 Å². The van der Waals surface area contributed by atoms with E-state index in [1.54, 1.807) is 0 Å². The van der Waals surface area contributed by atoms with Gasteiger partial charge in [0.25, 0.3) is 0 Å². The Morgan fingerprint density at radius 2 is 0.651 bits per heavy atom. The maximum absolute atomic E-state index is 12.8. The molecule has 0 amide bonds. The summed E-state index contributed by atoms with van der Waals surface area (Å²) in [6, 6.07) is 0. The second-order valence-electron chi connectivity index (χ2n) is 17.4. The minimum absolute atomic E-state index is 0.103. The second kappa shape index (κ2) is 51.5. The SMILES string of the molecule is CC/C=C\C/C=C\C/C=C\C/C=C\CCC(=O)OCC(COC(=O)CCCCCCC/C=C\C/C=C\CCCCCC)OC(=O)CCCCCCCCCCCCCCCCCC. The molecule has 6 heteroatoms. The molecule has 0 aliphatic carbocycles. The Morgan fingerprint density at radius 3 is 1.08 bits per heavy atom. The van der Waals surface area contributed by atoms with Crippen molar-refractivity contribution in [2.45, 2.75) is 258 Å². The van der Waals surface area contributed by atoms with E-state index in [4.69, 9.17) is 14.2 Å². The summed E-state index contributed by atoms with van der Waals surface area (Å²) >= 11 is 0. The lowest BCUT2D eigenvalue weighted by atomic mass is 10.0. The highest BCUT2D eigenvalue weighted by Gasteiger charge is 2.19. The normalized spacial score (nSPS) is 12.6. The first-order valence-corrected chi connectivity index (χ1v) is 26.4. The topological polar surface area (TPSA) is 78.9 Å². The highest BCUT2D eigenvalue weighted by atomic mass is 16.6. The average molecular weight is 879 g/mol. The van der Waals surface area contributed by atoms with E-state index in [1.165, 1.54) is 116 Å². The van der Waals surface area contributed by atoms with E-state index in [-0.39, 0.29) is 37.5 Å². The van der Waals surface area contributed by atoms with Crippen molar-refractivity contribution in [1.82, 2.24) is 0 Å². The fourth-order valence-electron chi connectivity index (χ4n) is 7.25. The Labute approximate surface area is 389 Å². The van der Waals surface area contributed by atoms with Crippen LogP contribution in [-0.2, 0) is 28.6 Å². The molecule has 0 aliphatic heterocycles. The van der Waals surface area contributed by atoms with Gasteiger partial charge >= 0.3 is 17.9 Å². The molecular weight excluding hydrogens is 781 g/mol. The Morgan fingerprint density at radius 1 is 0.333 bits per heavy atom. The zero-order chi connectivity index (χ0) is 45.8. The van der Waals surface area contributed by atoms with Crippen LogP contribution in [0.25, 0.3) is 0 Å². The summed E-state index contributed by atoms with van der Waals surface area (Å²) in [5.41, 5.74) is 0. The number of esters is 3. The number of rotatable bonds is 47. The third-order valence-corrected chi connectivity index (χ3v) is 11.2. The van der Waals surface area contributed by atoms with Gasteiger partial charge in [0.05, 0.1) is 0 Å². The Hall–Kier alpha value is -3.15. The first-order chi connectivity index (χ1) is 31.0. The molecule has 0 aliphatic rings. The standard InChI is InChI=1S/C57H98O6/c1-4-7-10-13-16-19-22-25-27-29-32-35-38-41-44-47-50-56(59)62-53-54(52-61-55(58)49-46-43-40-37-34-31-24-21-18-15-12-9-6-3)63-57(60)51-48-45-42-39-36-33-30-28-26-23-20-17-14-11-8-5-2/h9,12,18-19,21-22,27,29,31,34,40,43,54H,4-8,10-11,13-17,20,23-26,28,30,32-33,35-39,41-42,44-53H2,1-3H3/b12-9-,21-18-,22-19-,29-27-,34-31-,43-40-. The number of hydrogen-bond donors (Lipinski definition) is 0. The first-order valence-electron chi connectivity index (χ1n) is 26.4. The minimum atomic E-state index is -0.807. The van der Waals surface area contributed by atoms with Gasteiger partial charge in [-0.2, -0.15) is 0 Å². The van der Waals surface area contributed by atoms with Gasteiger partial charge in [-0.25, -0.2) is 0 Å². The number of carbonyl (C=O) groups is 3. The fraction of sp³-hybridized carbons (Fsp3) is 0.737. The summed E-state index contributed by atoms with van der Waals surface area (Å²) in [6.45, 7) is 6.44. The van der Waals surface area contributed by atoms with Crippen molar-refractivity contribution >= 4 is 17.9 Å². The molecule has 0 heterocycles. The fourth-order valence-corrected chi connectivity index (χ4v) is 7.25. The van der Waals surface area contributed by atoms with Crippen LogP contribution in [0.5, 0.6) is 0 Å². The number of hydrogen-bond acceptors (Lipinski definition) is 6. The van der Waals surface area contributed by atoms with Crippen LogP contribution >= 0.6 is 0 Å². The van der Waals surface area contributed by atoms with Crippen LogP contribution in [0, 0.1) is 0 Å². The van der Waals surface area contributed by atoms with Gasteiger partial charge < -0.3 is 14.2 Å². The first kappa shape index (κ1) is 59.9. The zero-order valence-corrected chi connectivity index (χ0v) is 41.3. The monoisotopic (exact) mass is 879 g/mol. The molecule has 0 radical (unpaired) electrons. The molecule has 0 spiro atoms. The van der Waals surface area contributed by atoms with Gasteiger partial charge in [0.1, 0.15) is 13.2 Å². The third-order valence-electron chi connectivity index (χ3n) is 11.2. The van der Waals surface area contributed by atoms with Crippen LogP contribution in [0.2, 0.25) is 0 Å². The molecule has 0 N–H and O–H groups in total. The lowest BCUT2D eigenvalue weighted by molar-refractivity contribution is -0.166. The zero-order valence-electron chi connectivity index (χ0n) is 41.3. The van der Waals surface area contributed by atoms with Crippen LogP contribution in [0.4, 0.5) is 0 Å². The van der Waals surface area contributed by atoms with E-state index in [2.05, 4.69) is 87.6 Å². The van der Waals surface area contributed by atoms with Gasteiger partial charge in [0.15, 0.2) is 6.10 Å². The number of unbranched alkanes of at least 4 members (excludes halogenated alkanes) is 24. The van der Waals surface area contributed by atoms with Gasteiger partial charge in [-0.05, 0) is 77.0 Å². The summed E-state index contributed by atoms with van der Waals surface area (Å²) in [5.74, 6) is -0.995. The number of allylic oxidation sites excluding steroid dienone is 12. The molecule has 0 aromatic heterocycles. The van der Waals surface area contributed by atoms with Crippen LogP contribution in [0.3, 0.4) is 0 Å². The third kappa shape index (κ3) is 49.7. The summed E-state index contributed by atoms with van der Waals surface area (Å²) in [7, 11) is 0. The van der Waals surface area contributed by atoms with Crippen molar-refractivity contribution in [3.8, 4) is 0 Å². The van der Waals surface area contributed by atoms with Gasteiger partial charge in [-0.15, -0.1) is 0 Å². The summed E-state index contributed by atoms with van der Waals surface area (Å²) < 4.78 is 16.7. The predicted octanol–water partition coefficient (Wildman–Crippen LogP) is 17.4. The second-order valence-corrected chi connectivity index (χ2v) is 17.4. The van der Waals surface area contributed by atoms with E-state index >= 15 is 0 Å². The van der Waals surface area contributed by atoms with E-state index in [1.807, 2.05) is 6.08 Å². The van der Waals surface area contributed by atoms with Crippen molar-refractivity contribution < 1.29 is 28.6 Å². The van der Waals surface area contributed by atoms with Gasteiger partial charge in [0, 0.05) is 19.3 Å². The molecule has 6 nitrogen and oxygen atoms in total. The van der Waals surface area contributed by atoms with E-state index in [0.29, 0.717) is 19.3 Å². The van der Waals surface area contributed by atoms with Gasteiger partial charge in [-0.1, -0.05) is 229 Å². The molecule has 0 aromatic carbocycles. The lowest BCUT2D eigenvalue weighted by Gasteiger charge is -2.18. The quantitative estimate of drug-likeness (QED) is 0.0262. The van der Waals surface area contributed by atoms with Crippen molar-refractivity contribution in [2.75, 3.05) is 13.2 Å². The Bertz CT molecular complexity index is 1190. The average Bonchev–Trinajstić information content (AvgIpc) is 3.28. The van der Waals surface area contributed by atoms with Crippen molar-refractivity contribution in [3.05, 3.63) is 72.9 Å². The highest BCUT2D eigenvalue weighted by Crippen LogP contribution is 2.15. The lowest BCUT2D eigenvalue weighted by Crippen LogP contribution is -2.30.